The minimum atomic E-state index is -0.417. The number of ether oxygens (including phenoxy) is 1. The van der Waals surface area contributed by atoms with Crippen LogP contribution in [-0.2, 0) is 0 Å². The second-order valence-corrected chi connectivity index (χ2v) is 4.12. The SMILES string of the molecule is CCN(CC)CCOc1ccc([C@H](C)O)cc1. The van der Waals surface area contributed by atoms with Gasteiger partial charge in [0.05, 0.1) is 6.10 Å². The summed E-state index contributed by atoms with van der Waals surface area (Å²) < 4.78 is 5.65. The molecule has 0 fully saturated rings. The van der Waals surface area contributed by atoms with Crippen LogP contribution in [0.5, 0.6) is 5.75 Å². The molecular formula is C14H23NO2. The van der Waals surface area contributed by atoms with Gasteiger partial charge in [-0.1, -0.05) is 26.0 Å². The van der Waals surface area contributed by atoms with E-state index in [1.165, 1.54) is 0 Å². The lowest BCUT2D eigenvalue weighted by Gasteiger charge is -2.18. The first kappa shape index (κ1) is 14.0. The number of nitrogens with zero attached hydrogens (tertiary/aromatic N) is 1. The molecule has 3 nitrogen and oxygen atoms in total. The number of aliphatic hydroxyl groups is 1. The predicted octanol–water partition coefficient (Wildman–Crippen LogP) is 2.46. The maximum absolute atomic E-state index is 9.38. The van der Waals surface area contributed by atoms with Crippen molar-refractivity contribution in [3.63, 3.8) is 0 Å². The summed E-state index contributed by atoms with van der Waals surface area (Å²) >= 11 is 0. The summed E-state index contributed by atoms with van der Waals surface area (Å²) in [6.45, 7) is 9.83. The number of rotatable bonds is 7. The van der Waals surface area contributed by atoms with Crippen LogP contribution >= 0.6 is 0 Å². The molecule has 1 aromatic rings. The van der Waals surface area contributed by atoms with Gasteiger partial charge in [0.15, 0.2) is 0 Å². The van der Waals surface area contributed by atoms with Gasteiger partial charge in [-0.05, 0) is 37.7 Å². The Labute approximate surface area is 104 Å². The first-order chi connectivity index (χ1) is 8.17. The van der Waals surface area contributed by atoms with Gasteiger partial charge in [-0.2, -0.15) is 0 Å². The van der Waals surface area contributed by atoms with Gasteiger partial charge in [-0.3, -0.25) is 0 Å². The molecular weight excluding hydrogens is 214 g/mol. The van der Waals surface area contributed by atoms with E-state index in [9.17, 15) is 5.11 Å². The molecule has 0 saturated heterocycles. The fourth-order valence-corrected chi connectivity index (χ4v) is 1.67. The summed E-state index contributed by atoms with van der Waals surface area (Å²) in [5.74, 6) is 0.863. The zero-order valence-electron chi connectivity index (χ0n) is 11.0. The lowest BCUT2D eigenvalue weighted by Crippen LogP contribution is -2.27. The average molecular weight is 237 g/mol. The van der Waals surface area contributed by atoms with Crippen LogP contribution in [0.25, 0.3) is 0 Å². The van der Waals surface area contributed by atoms with Crippen molar-refractivity contribution in [3.05, 3.63) is 29.8 Å². The number of hydrogen-bond acceptors (Lipinski definition) is 3. The van der Waals surface area contributed by atoms with Crippen LogP contribution in [0.1, 0.15) is 32.4 Å². The highest BCUT2D eigenvalue weighted by Crippen LogP contribution is 2.17. The zero-order valence-corrected chi connectivity index (χ0v) is 11.0. The zero-order chi connectivity index (χ0) is 12.7. The van der Waals surface area contributed by atoms with Gasteiger partial charge in [0.25, 0.3) is 0 Å². The summed E-state index contributed by atoms with van der Waals surface area (Å²) in [6, 6.07) is 7.61. The molecule has 0 aliphatic heterocycles. The molecule has 1 aromatic carbocycles. The van der Waals surface area contributed by atoms with E-state index in [0.29, 0.717) is 6.61 Å². The maximum Gasteiger partial charge on any atom is 0.119 e. The van der Waals surface area contributed by atoms with Gasteiger partial charge in [0.1, 0.15) is 12.4 Å². The first-order valence-corrected chi connectivity index (χ1v) is 6.30. The van der Waals surface area contributed by atoms with Crippen molar-refractivity contribution in [2.75, 3.05) is 26.2 Å². The first-order valence-electron chi connectivity index (χ1n) is 6.30. The monoisotopic (exact) mass is 237 g/mol. The predicted molar refractivity (Wildman–Crippen MR) is 70.4 cm³/mol. The lowest BCUT2D eigenvalue weighted by molar-refractivity contribution is 0.199. The molecule has 3 heteroatoms. The van der Waals surface area contributed by atoms with Crippen LogP contribution in [0.2, 0.25) is 0 Å². The van der Waals surface area contributed by atoms with Crippen molar-refractivity contribution in [2.45, 2.75) is 26.9 Å². The van der Waals surface area contributed by atoms with Crippen LogP contribution in [0.15, 0.2) is 24.3 Å². The molecule has 1 N–H and O–H groups in total. The highest BCUT2D eigenvalue weighted by molar-refractivity contribution is 5.28. The van der Waals surface area contributed by atoms with Gasteiger partial charge in [-0.25, -0.2) is 0 Å². The van der Waals surface area contributed by atoms with Crippen molar-refractivity contribution >= 4 is 0 Å². The summed E-state index contributed by atoms with van der Waals surface area (Å²) in [6.07, 6.45) is -0.417. The van der Waals surface area contributed by atoms with Crippen molar-refractivity contribution in [2.24, 2.45) is 0 Å². The Balaban J connectivity index is 2.37. The van der Waals surface area contributed by atoms with Crippen LogP contribution in [0.4, 0.5) is 0 Å². The molecule has 0 aliphatic carbocycles. The molecule has 0 bridgehead atoms. The molecule has 17 heavy (non-hydrogen) atoms. The van der Waals surface area contributed by atoms with Gasteiger partial charge in [0.2, 0.25) is 0 Å². The van der Waals surface area contributed by atoms with Gasteiger partial charge < -0.3 is 14.7 Å². The van der Waals surface area contributed by atoms with E-state index in [1.54, 1.807) is 6.92 Å². The topological polar surface area (TPSA) is 32.7 Å². The van der Waals surface area contributed by atoms with Gasteiger partial charge in [-0.15, -0.1) is 0 Å². The lowest BCUT2D eigenvalue weighted by atomic mass is 10.1. The average Bonchev–Trinajstić information content (AvgIpc) is 2.35. The highest BCUT2D eigenvalue weighted by atomic mass is 16.5. The van der Waals surface area contributed by atoms with Crippen LogP contribution in [0.3, 0.4) is 0 Å². The molecule has 0 heterocycles. The molecule has 0 saturated carbocycles. The molecule has 0 aromatic heterocycles. The fraction of sp³-hybridized carbons (Fsp3) is 0.571. The maximum atomic E-state index is 9.38. The molecule has 1 rings (SSSR count). The Bertz CT molecular complexity index is 305. The van der Waals surface area contributed by atoms with E-state index < -0.39 is 6.10 Å². The van der Waals surface area contributed by atoms with Crippen LogP contribution in [-0.4, -0.2) is 36.2 Å². The Morgan fingerprint density at radius 3 is 2.24 bits per heavy atom. The van der Waals surface area contributed by atoms with Crippen LogP contribution in [0, 0.1) is 0 Å². The second-order valence-electron chi connectivity index (χ2n) is 4.12. The van der Waals surface area contributed by atoms with E-state index in [1.807, 2.05) is 24.3 Å². The van der Waals surface area contributed by atoms with Crippen LogP contribution < -0.4 is 4.74 Å². The van der Waals surface area contributed by atoms with E-state index >= 15 is 0 Å². The molecule has 0 radical (unpaired) electrons. The quantitative estimate of drug-likeness (QED) is 0.790. The summed E-state index contributed by atoms with van der Waals surface area (Å²) in [7, 11) is 0. The largest absolute Gasteiger partial charge is 0.492 e. The molecule has 0 spiro atoms. The Kier molecular flexibility index (Phi) is 6.01. The third-order valence-corrected chi connectivity index (χ3v) is 2.93. The van der Waals surface area contributed by atoms with Crippen molar-refractivity contribution in [1.29, 1.82) is 0 Å². The molecule has 96 valence electrons. The molecule has 0 unspecified atom stereocenters. The van der Waals surface area contributed by atoms with Crippen molar-refractivity contribution in [1.82, 2.24) is 4.90 Å². The number of aliphatic hydroxyl groups excluding tert-OH is 1. The molecule has 0 amide bonds. The highest BCUT2D eigenvalue weighted by Gasteiger charge is 2.02. The van der Waals surface area contributed by atoms with Crippen molar-refractivity contribution < 1.29 is 9.84 Å². The molecule has 1 atom stereocenters. The molecule has 0 aliphatic rings. The summed E-state index contributed by atoms with van der Waals surface area (Å²) in [5.41, 5.74) is 0.918. The summed E-state index contributed by atoms with van der Waals surface area (Å²) in [5, 5.41) is 9.38. The minimum Gasteiger partial charge on any atom is -0.492 e. The Morgan fingerprint density at radius 2 is 1.76 bits per heavy atom. The second kappa shape index (κ2) is 7.30. The third kappa shape index (κ3) is 4.75. The fourth-order valence-electron chi connectivity index (χ4n) is 1.67. The van der Waals surface area contributed by atoms with E-state index in [-0.39, 0.29) is 0 Å². The van der Waals surface area contributed by atoms with E-state index in [0.717, 1.165) is 30.9 Å². The smallest absolute Gasteiger partial charge is 0.119 e. The summed E-state index contributed by atoms with van der Waals surface area (Å²) in [4.78, 5) is 2.32. The number of likely N-dealkylation sites (N-methyl/N-ethyl adjacent to an activating group) is 1. The Morgan fingerprint density at radius 1 is 1.18 bits per heavy atom. The number of benzene rings is 1. The third-order valence-electron chi connectivity index (χ3n) is 2.93. The normalized spacial score (nSPS) is 12.8. The van der Waals surface area contributed by atoms with Crippen molar-refractivity contribution in [3.8, 4) is 5.75 Å². The standard InChI is InChI=1S/C14H23NO2/c1-4-15(5-2)10-11-17-14-8-6-13(7-9-14)12(3)16/h6-9,12,16H,4-5,10-11H2,1-3H3/t12-/m0/s1. The minimum absolute atomic E-state index is 0.417. The van der Waals surface area contributed by atoms with Gasteiger partial charge >= 0.3 is 0 Å². The van der Waals surface area contributed by atoms with Gasteiger partial charge in [0, 0.05) is 6.54 Å². The van der Waals surface area contributed by atoms with E-state index in [2.05, 4.69) is 18.7 Å². The van der Waals surface area contributed by atoms with E-state index in [4.69, 9.17) is 4.74 Å². The number of hydrogen-bond donors (Lipinski definition) is 1. The Hall–Kier alpha value is -1.06.